The van der Waals surface area contributed by atoms with E-state index in [1.165, 1.54) is 12.1 Å². The SMILES string of the molecule is N#Cc1ccc(NC(=O)c2cc(Cl)nc(Cl)c2)cc1. The largest absolute Gasteiger partial charge is 0.322 e. The predicted molar refractivity (Wildman–Crippen MR) is 73.4 cm³/mol. The van der Waals surface area contributed by atoms with E-state index in [2.05, 4.69) is 10.3 Å². The lowest BCUT2D eigenvalue weighted by Gasteiger charge is -2.05. The molecule has 19 heavy (non-hydrogen) atoms. The molecule has 0 radical (unpaired) electrons. The summed E-state index contributed by atoms with van der Waals surface area (Å²) in [5.41, 5.74) is 1.41. The second-order valence-electron chi connectivity index (χ2n) is 3.64. The fraction of sp³-hybridized carbons (Fsp3) is 0. The van der Waals surface area contributed by atoms with E-state index in [4.69, 9.17) is 28.5 Å². The number of carbonyl (C=O) groups excluding carboxylic acids is 1. The summed E-state index contributed by atoms with van der Waals surface area (Å²) in [7, 11) is 0. The van der Waals surface area contributed by atoms with Crippen LogP contribution in [0.25, 0.3) is 0 Å². The molecule has 4 nitrogen and oxygen atoms in total. The minimum atomic E-state index is -0.351. The Bertz CT molecular complexity index is 642. The molecule has 6 heteroatoms. The maximum atomic E-state index is 12.0. The molecule has 1 amide bonds. The van der Waals surface area contributed by atoms with Crippen molar-refractivity contribution in [2.45, 2.75) is 0 Å². The number of rotatable bonds is 2. The Hall–Kier alpha value is -2.09. The van der Waals surface area contributed by atoms with Gasteiger partial charge in [0.15, 0.2) is 0 Å². The number of nitriles is 1. The van der Waals surface area contributed by atoms with Crippen LogP contribution in [0.1, 0.15) is 15.9 Å². The Morgan fingerprint density at radius 1 is 1.16 bits per heavy atom. The molecule has 1 aromatic carbocycles. The maximum absolute atomic E-state index is 12.0. The minimum absolute atomic E-state index is 0.150. The molecule has 94 valence electrons. The summed E-state index contributed by atoms with van der Waals surface area (Å²) in [6.07, 6.45) is 0. The standard InChI is InChI=1S/C13H7Cl2N3O/c14-11-5-9(6-12(15)18-11)13(19)17-10-3-1-8(7-16)2-4-10/h1-6H,(H,17,19). The van der Waals surface area contributed by atoms with E-state index in [1.54, 1.807) is 24.3 Å². The Kier molecular flexibility index (Phi) is 4.00. The van der Waals surface area contributed by atoms with Crippen LogP contribution >= 0.6 is 23.2 Å². The monoisotopic (exact) mass is 291 g/mol. The van der Waals surface area contributed by atoms with Crippen LogP contribution in [0.3, 0.4) is 0 Å². The molecule has 2 rings (SSSR count). The first kappa shape index (κ1) is 13.3. The number of halogens is 2. The molecule has 0 aliphatic heterocycles. The third-order valence-electron chi connectivity index (χ3n) is 2.30. The van der Waals surface area contributed by atoms with Crippen LogP contribution in [-0.2, 0) is 0 Å². The van der Waals surface area contributed by atoms with Crippen LogP contribution < -0.4 is 5.32 Å². The molecule has 0 spiro atoms. The second kappa shape index (κ2) is 5.70. The van der Waals surface area contributed by atoms with Crippen LogP contribution in [0.15, 0.2) is 36.4 Å². The summed E-state index contributed by atoms with van der Waals surface area (Å²) in [4.78, 5) is 15.7. The van der Waals surface area contributed by atoms with Crippen molar-refractivity contribution in [3.63, 3.8) is 0 Å². The first-order valence-corrected chi connectivity index (χ1v) is 5.98. The molecular weight excluding hydrogens is 285 g/mol. The quantitative estimate of drug-likeness (QED) is 0.861. The molecule has 0 saturated heterocycles. The zero-order valence-corrected chi connectivity index (χ0v) is 11.0. The van der Waals surface area contributed by atoms with Gasteiger partial charge in [0.25, 0.3) is 5.91 Å². The molecule has 0 atom stereocenters. The first-order valence-electron chi connectivity index (χ1n) is 5.23. The normalized spacial score (nSPS) is 9.74. The van der Waals surface area contributed by atoms with Gasteiger partial charge in [-0.05, 0) is 36.4 Å². The van der Waals surface area contributed by atoms with Crippen molar-refractivity contribution < 1.29 is 4.79 Å². The molecule has 1 aromatic heterocycles. The van der Waals surface area contributed by atoms with E-state index in [9.17, 15) is 4.79 Å². The van der Waals surface area contributed by atoms with Crippen LogP contribution in [0, 0.1) is 11.3 Å². The van der Waals surface area contributed by atoms with Gasteiger partial charge in [0.1, 0.15) is 10.3 Å². The Morgan fingerprint density at radius 3 is 2.26 bits per heavy atom. The van der Waals surface area contributed by atoms with Crippen molar-refractivity contribution in [3.05, 3.63) is 57.8 Å². The number of nitrogens with zero attached hydrogens (tertiary/aromatic N) is 2. The van der Waals surface area contributed by atoms with Crippen LogP contribution in [0.4, 0.5) is 5.69 Å². The molecule has 0 aliphatic rings. The number of hydrogen-bond donors (Lipinski definition) is 1. The van der Waals surface area contributed by atoms with Gasteiger partial charge in [-0.2, -0.15) is 5.26 Å². The van der Waals surface area contributed by atoms with E-state index < -0.39 is 0 Å². The topological polar surface area (TPSA) is 65.8 Å². The summed E-state index contributed by atoms with van der Waals surface area (Å²) >= 11 is 11.5. The molecule has 0 saturated carbocycles. The molecule has 0 fully saturated rings. The Morgan fingerprint density at radius 2 is 1.74 bits per heavy atom. The van der Waals surface area contributed by atoms with E-state index in [1.807, 2.05) is 6.07 Å². The molecule has 1 heterocycles. The maximum Gasteiger partial charge on any atom is 0.255 e. The molecular formula is C13H7Cl2N3O. The number of pyridine rings is 1. The van der Waals surface area contributed by atoms with Crippen molar-refractivity contribution in [2.75, 3.05) is 5.32 Å². The lowest BCUT2D eigenvalue weighted by Crippen LogP contribution is -2.12. The van der Waals surface area contributed by atoms with Gasteiger partial charge in [0.2, 0.25) is 0 Å². The van der Waals surface area contributed by atoms with Crippen molar-refractivity contribution in [1.29, 1.82) is 5.26 Å². The van der Waals surface area contributed by atoms with E-state index in [0.717, 1.165) is 0 Å². The highest BCUT2D eigenvalue weighted by molar-refractivity contribution is 6.33. The summed E-state index contributed by atoms with van der Waals surface area (Å²) in [6.45, 7) is 0. The minimum Gasteiger partial charge on any atom is -0.322 e. The molecule has 0 bridgehead atoms. The fourth-order valence-electron chi connectivity index (χ4n) is 1.43. The summed E-state index contributed by atoms with van der Waals surface area (Å²) in [6, 6.07) is 11.4. The van der Waals surface area contributed by atoms with Crippen LogP contribution in [-0.4, -0.2) is 10.9 Å². The summed E-state index contributed by atoms with van der Waals surface area (Å²) < 4.78 is 0. The molecule has 1 N–H and O–H groups in total. The molecule has 0 unspecified atom stereocenters. The van der Waals surface area contributed by atoms with E-state index in [-0.39, 0.29) is 16.2 Å². The third kappa shape index (κ3) is 3.44. The Labute approximate surface area is 119 Å². The number of benzene rings is 1. The summed E-state index contributed by atoms with van der Waals surface area (Å²) in [5.74, 6) is -0.351. The van der Waals surface area contributed by atoms with Gasteiger partial charge in [-0.1, -0.05) is 23.2 Å². The highest BCUT2D eigenvalue weighted by Crippen LogP contribution is 2.16. The van der Waals surface area contributed by atoms with Gasteiger partial charge in [-0.3, -0.25) is 4.79 Å². The van der Waals surface area contributed by atoms with Gasteiger partial charge < -0.3 is 5.32 Å². The van der Waals surface area contributed by atoms with Gasteiger partial charge in [0, 0.05) is 11.3 Å². The first-order chi connectivity index (χ1) is 9.08. The average Bonchev–Trinajstić information content (AvgIpc) is 2.38. The van der Waals surface area contributed by atoms with Gasteiger partial charge in [-0.25, -0.2) is 4.98 Å². The van der Waals surface area contributed by atoms with Crippen molar-refractivity contribution in [1.82, 2.24) is 4.98 Å². The molecule has 0 aliphatic carbocycles. The Balaban J connectivity index is 2.18. The zero-order chi connectivity index (χ0) is 13.8. The number of hydrogen-bond acceptors (Lipinski definition) is 3. The number of nitrogens with one attached hydrogen (secondary N) is 1. The lowest BCUT2D eigenvalue weighted by molar-refractivity contribution is 0.102. The van der Waals surface area contributed by atoms with Gasteiger partial charge in [0.05, 0.1) is 11.6 Å². The van der Waals surface area contributed by atoms with Crippen molar-refractivity contribution in [2.24, 2.45) is 0 Å². The molecule has 2 aromatic rings. The smallest absolute Gasteiger partial charge is 0.255 e. The fourth-order valence-corrected chi connectivity index (χ4v) is 1.89. The van der Waals surface area contributed by atoms with E-state index >= 15 is 0 Å². The van der Waals surface area contributed by atoms with Crippen molar-refractivity contribution >= 4 is 34.8 Å². The van der Waals surface area contributed by atoms with Crippen LogP contribution in [0.5, 0.6) is 0 Å². The number of amides is 1. The summed E-state index contributed by atoms with van der Waals surface area (Å²) in [5, 5.41) is 11.6. The van der Waals surface area contributed by atoms with Crippen molar-refractivity contribution in [3.8, 4) is 6.07 Å². The lowest BCUT2D eigenvalue weighted by atomic mass is 10.2. The van der Waals surface area contributed by atoms with Crippen LogP contribution in [0.2, 0.25) is 10.3 Å². The van der Waals surface area contributed by atoms with E-state index in [0.29, 0.717) is 16.8 Å². The highest BCUT2D eigenvalue weighted by Gasteiger charge is 2.09. The van der Waals surface area contributed by atoms with Gasteiger partial charge in [-0.15, -0.1) is 0 Å². The highest BCUT2D eigenvalue weighted by atomic mass is 35.5. The third-order valence-corrected chi connectivity index (χ3v) is 2.68. The zero-order valence-electron chi connectivity index (χ0n) is 9.52. The number of anilines is 1. The number of aromatic nitrogens is 1. The second-order valence-corrected chi connectivity index (χ2v) is 4.42. The predicted octanol–water partition coefficient (Wildman–Crippen LogP) is 3.51. The average molecular weight is 292 g/mol. The van der Waals surface area contributed by atoms with Gasteiger partial charge >= 0.3 is 0 Å². The number of carbonyl (C=O) groups is 1.